The second-order valence-corrected chi connectivity index (χ2v) is 6.96. The summed E-state index contributed by atoms with van der Waals surface area (Å²) in [5.41, 5.74) is 3.91. The average molecular weight is 366 g/mol. The molecule has 0 aliphatic carbocycles. The summed E-state index contributed by atoms with van der Waals surface area (Å²) in [5.74, 6) is 1.39. The van der Waals surface area contributed by atoms with Gasteiger partial charge < -0.3 is 14.8 Å². The number of ether oxygens (including phenoxy) is 2. The molecule has 0 saturated heterocycles. The number of carbonyl (C=O) groups is 1. The molecule has 1 amide bonds. The molecule has 1 aliphatic heterocycles. The summed E-state index contributed by atoms with van der Waals surface area (Å²) in [6.07, 6.45) is 4.02. The number of nitrogens with zero attached hydrogens (tertiary/aromatic N) is 1. The zero-order valence-corrected chi connectivity index (χ0v) is 15.3. The fraction of sp³-hybridized carbons (Fsp3) is 0.200. The van der Waals surface area contributed by atoms with Crippen molar-refractivity contribution in [1.82, 2.24) is 4.98 Å². The van der Waals surface area contributed by atoms with Crippen LogP contribution in [0, 0.1) is 0 Å². The Morgan fingerprint density at radius 3 is 2.77 bits per heavy atom. The van der Waals surface area contributed by atoms with Crippen LogP contribution in [0.3, 0.4) is 0 Å². The third kappa shape index (κ3) is 2.82. The normalized spacial score (nSPS) is 15.9. The molecule has 1 aromatic carbocycles. The zero-order chi connectivity index (χ0) is 18.1. The summed E-state index contributed by atoms with van der Waals surface area (Å²) >= 11 is 1.66. The van der Waals surface area contributed by atoms with Crippen LogP contribution < -0.4 is 14.8 Å². The van der Waals surface area contributed by atoms with Crippen LogP contribution in [0.1, 0.15) is 22.8 Å². The van der Waals surface area contributed by atoms with Crippen LogP contribution >= 0.6 is 11.3 Å². The van der Waals surface area contributed by atoms with Crippen molar-refractivity contribution in [2.75, 3.05) is 19.5 Å². The average Bonchev–Trinajstić information content (AvgIpc) is 3.11. The van der Waals surface area contributed by atoms with Gasteiger partial charge in [0.05, 0.1) is 19.9 Å². The minimum atomic E-state index is 0.0199. The molecule has 0 radical (unpaired) electrons. The number of aromatic nitrogens is 1. The van der Waals surface area contributed by atoms with Crippen LogP contribution in [0.2, 0.25) is 0 Å². The van der Waals surface area contributed by atoms with Gasteiger partial charge in [0.15, 0.2) is 11.5 Å². The maximum Gasteiger partial charge on any atom is 0.225 e. The van der Waals surface area contributed by atoms with Gasteiger partial charge >= 0.3 is 0 Å². The van der Waals surface area contributed by atoms with E-state index in [0.717, 1.165) is 27.3 Å². The van der Waals surface area contributed by atoms with Crippen LogP contribution in [0.15, 0.2) is 48.1 Å². The predicted molar refractivity (Wildman–Crippen MR) is 102 cm³/mol. The van der Waals surface area contributed by atoms with Gasteiger partial charge in [0.25, 0.3) is 0 Å². The Kier molecular flexibility index (Phi) is 4.34. The van der Waals surface area contributed by atoms with Gasteiger partial charge in [-0.25, -0.2) is 0 Å². The molecule has 0 bridgehead atoms. The molecule has 4 rings (SSSR count). The Balaban J connectivity index is 1.80. The van der Waals surface area contributed by atoms with E-state index < -0.39 is 0 Å². The molecule has 0 fully saturated rings. The molecule has 0 unspecified atom stereocenters. The first-order chi connectivity index (χ1) is 12.7. The Labute approximate surface area is 155 Å². The highest BCUT2D eigenvalue weighted by molar-refractivity contribution is 7.11. The number of nitrogens with one attached hydrogen (secondary N) is 1. The molecule has 1 aliphatic rings. The van der Waals surface area contributed by atoms with Crippen LogP contribution in [0.25, 0.3) is 11.1 Å². The molecule has 3 heterocycles. The van der Waals surface area contributed by atoms with Crippen molar-refractivity contribution in [2.24, 2.45) is 0 Å². The number of benzene rings is 1. The Morgan fingerprint density at radius 1 is 1.19 bits per heavy atom. The second-order valence-electron chi connectivity index (χ2n) is 6.05. The number of carbonyl (C=O) groups excluding carboxylic acids is 1. The lowest BCUT2D eigenvalue weighted by atomic mass is 9.90. The van der Waals surface area contributed by atoms with Crippen molar-refractivity contribution >= 4 is 22.9 Å². The monoisotopic (exact) mass is 366 g/mol. The molecule has 2 aromatic heterocycles. The van der Waals surface area contributed by atoms with Crippen molar-refractivity contribution in [3.8, 4) is 22.6 Å². The minimum Gasteiger partial charge on any atom is -0.493 e. The standard InChI is InChI=1S/C20H18N2O3S/c1-24-16-6-5-12(8-17(16)25-2)15-11-26-20-14(9-18(23)22-19(15)20)13-4-3-7-21-10-13/h3-8,10-11,14H,9H2,1-2H3,(H,22,23)/t14-/m0/s1. The number of anilines is 1. The first-order valence-corrected chi connectivity index (χ1v) is 9.12. The van der Waals surface area contributed by atoms with E-state index in [0.29, 0.717) is 17.9 Å². The maximum absolute atomic E-state index is 12.3. The van der Waals surface area contributed by atoms with E-state index in [2.05, 4.69) is 15.7 Å². The highest BCUT2D eigenvalue weighted by Crippen LogP contribution is 2.47. The zero-order valence-electron chi connectivity index (χ0n) is 14.5. The summed E-state index contributed by atoms with van der Waals surface area (Å²) in [4.78, 5) is 17.7. The molecule has 132 valence electrons. The van der Waals surface area contributed by atoms with Gasteiger partial charge in [-0.15, -0.1) is 11.3 Å². The van der Waals surface area contributed by atoms with Gasteiger partial charge in [-0.1, -0.05) is 12.1 Å². The van der Waals surface area contributed by atoms with Crippen LogP contribution in [-0.2, 0) is 4.79 Å². The lowest BCUT2D eigenvalue weighted by Crippen LogP contribution is -2.22. The summed E-state index contributed by atoms with van der Waals surface area (Å²) in [6.45, 7) is 0. The number of fused-ring (bicyclic) bond motifs is 1. The summed E-state index contributed by atoms with van der Waals surface area (Å²) in [6, 6.07) is 9.71. The Hall–Kier alpha value is -2.86. The highest BCUT2D eigenvalue weighted by Gasteiger charge is 2.30. The van der Waals surface area contributed by atoms with E-state index >= 15 is 0 Å². The van der Waals surface area contributed by atoms with Gasteiger partial charge in [0, 0.05) is 40.6 Å². The van der Waals surface area contributed by atoms with Gasteiger partial charge in [-0.05, 0) is 29.3 Å². The van der Waals surface area contributed by atoms with Crippen molar-refractivity contribution in [3.05, 3.63) is 58.5 Å². The summed E-state index contributed by atoms with van der Waals surface area (Å²) < 4.78 is 10.7. The number of hydrogen-bond acceptors (Lipinski definition) is 5. The second kappa shape index (κ2) is 6.80. The third-order valence-corrected chi connectivity index (χ3v) is 5.67. The Bertz CT molecular complexity index is 953. The first kappa shape index (κ1) is 16.6. The van der Waals surface area contributed by atoms with Gasteiger partial charge in [0.1, 0.15) is 0 Å². The lowest BCUT2D eigenvalue weighted by Gasteiger charge is -2.23. The van der Waals surface area contributed by atoms with E-state index in [1.807, 2.05) is 36.5 Å². The van der Waals surface area contributed by atoms with Crippen LogP contribution in [-0.4, -0.2) is 25.1 Å². The fourth-order valence-corrected chi connectivity index (χ4v) is 4.46. The van der Waals surface area contributed by atoms with Crippen LogP contribution in [0.5, 0.6) is 11.5 Å². The van der Waals surface area contributed by atoms with Crippen molar-refractivity contribution in [1.29, 1.82) is 0 Å². The lowest BCUT2D eigenvalue weighted by molar-refractivity contribution is -0.116. The van der Waals surface area contributed by atoms with Gasteiger partial charge in [0.2, 0.25) is 5.91 Å². The molecule has 6 heteroatoms. The maximum atomic E-state index is 12.3. The quantitative estimate of drug-likeness (QED) is 0.748. The minimum absolute atomic E-state index is 0.0199. The fourth-order valence-electron chi connectivity index (χ4n) is 3.29. The third-order valence-electron chi connectivity index (χ3n) is 4.57. The largest absolute Gasteiger partial charge is 0.493 e. The molecular formula is C20H18N2O3S. The SMILES string of the molecule is COc1ccc(-c2csc3c2NC(=O)C[C@H]3c2cccnc2)cc1OC. The number of rotatable bonds is 4. The van der Waals surface area contributed by atoms with E-state index in [4.69, 9.17) is 9.47 Å². The van der Waals surface area contributed by atoms with Crippen molar-refractivity contribution in [2.45, 2.75) is 12.3 Å². The van der Waals surface area contributed by atoms with E-state index in [-0.39, 0.29) is 11.8 Å². The van der Waals surface area contributed by atoms with Crippen molar-refractivity contribution in [3.63, 3.8) is 0 Å². The number of pyridine rings is 1. The first-order valence-electron chi connectivity index (χ1n) is 8.24. The van der Waals surface area contributed by atoms with Gasteiger partial charge in [-0.2, -0.15) is 0 Å². The number of amides is 1. The molecular weight excluding hydrogens is 348 g/mol. The molecule has 0 spiro atoms. The summed E-state index contributed by atoms with van der Waals surface area (Å²) in [7, 11) is 3.23. The predicted octanol–water partition coefficient (Wildman–Crippen LogP) is 4.30. The molecule has 26 heavy (non-hydrogen) atoms. The molecule has 5 nitrogen and oxygen atoms in total. The molecule has 3 aromatic rings. The Morgan fingerprint density at radius 2 is 2.04 bits per heavy atom. The van der Waals surface area contributed by atoms with Crippen LogP contribution in [0.4, 0.5) is 5.69 Å². The smallest absolute Gasteiger partial charge is 0.225 e. The topological polar surface area (TPSA) is 60.5 Å². The molecule has 1 atom stereocenters. The van der Waals surface area contributed by atoms with Crippen molar-refractivity contribution < 1.29 is 14.3 Å². The number of thiophene rings is 1. The number of hydrogen-bond donors (Lipinski definition) is 1. The number of methoxy groups -OCH3 is 2. The van der Waals surface area contributed by atoms with E-state index in [1.54, 1.807) is 31.8 Å². The molecule has 1 N–H and O–H groups in total. The summed E-state index contributed by atoms with van der Waals surface area (Å²) in [5, 5.41) is 5.14. The van der Waals surface area contributed by atoms with Gasteiger partial charge in [-0.3, -0.25) is 9.78 Å². The highest BCUT2D eigenvalue weighted by atomic mass is 32.1. The molecule has 0 saturated carbocycles. The van der Waals surface area contributed by atoms with E-state index in [1.165, 1.54) is 0 Å². The van der Waals surface area contributed by atoms with E-state index in [9.17, 15) is 4.79 Å².